The van der Waals surface area contributed by atoms with Crippen molar-refractivity contribution in [2.24, 2.45) is 0 Å². The van der Waals surface area contributed by atoms with Gasteiger partial charge >= 0.3 is 5.69 Å². The molecule has 1 aromatic carbocycles. The topological polar surface area (TPSA) is 70.8 Å². The second kappa shape index (κ2) is 5.43. The van der Waals surface area contributed by atoms with Crippen LogP contribution < -0.4 is 4.74 Å². The lowest BCUT2D eigenvalue weighted by atomic mass is 10.2. The lowest BCUT2D eigenvalue weighted by Crippen LogP contribution is -2.04. The molecule has 6 heteroatoms. The minimum atomic E-state index is -0.621. The van der Waals surface area contributed by atoms with Crippen molar-refractivity contribution in [1.82, 2.24) is 0 Å². The molecule has 0 N–H and O–H groups in total. The van der Waals surface area contributed by atoms with Crippen molar-refractivity contribution in [3.8, 4) is 5.75 Å². The van der Waals surface area contributed by atoms with Crippen molar-refractivity contribution in [3.05, 3.63) is 33.9 Å². The molecule has 0 aromatic heterocycles. The van der Waals surface area contributed by atoms with Gasteiger partial charge in [-0.15, -0.1) is 0 Å². The summed E-state index contributed by atoms with van der Waals surface area (Å²) >= 11 is 0. The van der Waals surface area contributed by atoms with Crippen LogP contribution in [-0.2, 0) is 9.47 Å². The molecule has 0 amide bonds. The highest BCUT2D eigenvalue weighted by atomic mass is 16.7. The molecule has 88 valence electrons. The van der Waals surface area contributed by atoms with E-state index in [9.17, 15) is 10.1 Å². The van der Waals surface area contributed by atoms with E-state index >= 15 is 0 Å². The maximum Gasteiger partial charge on any atom is 0.311 e. The number of ether oxygens (including phenoxy) is 3. The Morgan fingerprint density at radius 3 is 2.31 bits per heavy atom. The van der Waals surface area contributed by atoms with E-state index in [1.165, 1.54) is 33.5 Å². The average Bonchev–Trinajstić information content (AvgIpc) is 2.30. The number of rotatable bonds is 5. The Kier molecular flexibility index (Phi) is 4.21. The van der Waals surface area contributed by atoms with E-state index in [0.717, 1.165) is 0 Å². The quantitative estimate of drug-likeness (QED) is 0.436. The molecule has 0 saturated carbocycles. The summed E-state index contributed by atoms with van der Waals surface area (Å²) in [6.45, 7) is 0. The molecule has 0 saturated heterocycles. The van der Waals surface area contributed by atoms with Gasteiger partial charge in [0, 0.05) is 25.8 Å². The van der Waals surface area contributed by atoms with Gasteiger partial charge in [0.2, 0.25) is 0 Å². The van der Waals surface area contributed by atoms with Gasteiger partial charge in [-0.2, -0.15) is 0 Å². The predicted molar refractivity (Wildman–Crippen MR) is 56.4 cm³/mol. The first kappa shape index (κ1) is 12.4. The second-order valence-corrected chi connectivity index (χ2v) is 2.99. The highest BCUT2D eigenvalue weighted by molar-refractivity contribution is 5.48. The van der Waals surface area contributed by atoms with E-state index in [4.69, 9.17) is 14.2 Å². The molecule has 0 radical (unpaired) electrons. The van der Waals surface area contributed by atoms with Crippen LogP contribution in [0.15, 0.2) is 18.2 Å². The molecule has 0 aliphatic rings. The Hall–Kier alpha value is -1.66. The number of hydrogen-bond acceptors (Lipinski definition) is 5. The zero-order chi connectivity index (χ0) is 12.1. The number of nitro benzene ring substituents is 1. The van der Waals surface area contributed by atoms with E-state index in [2.05, 4.69) is 0 Å². The third kappa shape index (κ3) is 2.47. The molecule has 0 bridgehead atoms. The Balaban J connectivity index is 3.15. The fourth-order valence-electron chi connectivity index (χ4n) is 1.36. The van der Waals surface area contributed by atoms with Crippen LogP contribution in [0.1, 0.15) is 11.9 Å². The number of nitrogens with zero attached hydrogens (tertiary/aromatic N) is 1. The SMILES string of the molecule is COc1ccc(C(OC)OC)cc1[N+](=O)[O-]. The van der Waals surface area contributed by atoms with Crippen molar-refractivity contribution in [2.75, 3.05) is 21.3 Å². The van der Waals surface area contributed by atoms with E-state index < -0.39 is 11.2 Å². The van der Waals surface area contributed by atoms with Crippen molar-refractivity contribution in [1.29, 1.82) is 0 Å². The van der Waals surface area contributed by atoms with Gasteiger partial charge in [0.05, 0.1) is 12.0 Å². The maximum atomic E-state index is 10.8. The van der Waals surface area contributed by atoms with Crippen LogP contribution in [-0.4, -0.2) is 26.3 Å². The second-order valence-electron chi connectivity index (χ2n) is 2.99. The summed E-state index contributed by atoms with van der Waals surface area (Å²) in [4.78, 5) is 10.3. The molecule has 0 fully saturated rings. The van der Waals surface area contributed by atoms with Crippen LogP contribution in [0.25, 0.3) is 0 Å². The van der Waals surface area contributed by atoms with E-state index in [-0.39, 0.29) is 11.4 Å². The Bertz CT molecular complexity index is 375. The number of benzene rings is 1. The van der Waals surface area contributed by atoms with Crippen LogP contribution >= 0.6 is 0 Å². The summed E-state index contributed by atoms with van der Waals surface area (Å²) in [6, 6.07) is 4.54. The lowest BCUT2D eigenvalue weighted by Gasteiger charge is -2.13. The molecule has 0 spiro atoms. The summed E-state index contributed by atoms with van der Waals surface area (Å²) in [7, 11) is 4.31. The fourth-order valence-corrected chi connectivity index (χ4v) is 1.36. The van der Waals surface area contributed by atoms with Gasteiger partial charge in [0.25, 0.3) is 0 Å². The predicted octanol–water partition coefficient (Wildman–Crippen LogP) is 1.89. The van der Waals surface area contributed by atoms with Gasteiger partial charge in [0.15, 0.2) is 12.0 Å². The smallest absolute Gasteiger partial charge is 0.311 e. The normalized spacial score (nSPS) is 10.5. The summed E-state index contributed by atoms with van der Waals surface area (Å²) in [6.07, 6.45) is -0.621. The van der Waals surface area contributed by atoms with Gasteiger partial charge < -0.3 is 14.2 Å². The standard InChI is InChI=1S/C10H13NO5/c1-14-9-5-4-7(10(15-2)16-3)6-8(9)11(12)13/h4-6,10H,1-3H3. The molecule has 0 heterocycles. The van der Waals surface area contributed by atoms with Gasteiger partial charge in [-0.25, -0.2) is 0 Å². The Labute approximate surface area is 92.9 Å². The summed E-state index contributed by atoms with van der Waals surface area (Å²) in [5.74, 6) is 0.208. The van der Waals surface area contributed by atoms with Gasteiger partial charge in [-0.1, -0.05) is 0 Å². The van der Waals surface area contributed by atoms with Crippen molar-refractivity contribution in [2.45, 2.75) is 6.29 Å². The molecule has 1 aromatic rings. The summed E-state index contributed by atoms with van der Waals surface area (Å²) in [5.41, 5.74) is 0.455. The van der Waals surface area contributed by atoms with Crippen molar-refractivity contribution in [3.63, 3.8) is 0 Å². The third-order valence-corrected chi connectivity index (χ3v) is 2.10. The lowest BCUT2D eigenvalue weighted by molar-refractivity contribution is -0.385. The maximum absolute atomic E-state index is 10.8. The highest BCUT2D eigenvalue weighted by Crippen LogP contribution is 2.30. The first-order chi connectivity index (χ1) is 7.63. The van der Waals surface area contributed by atoms with E-state index in [1.807, 2.05) is 0 Å². The van der Waals surface area contributed by atoms with Crippen LogP contribution in [0.2, 0.25) is 0 Å². The first-order valence-corrected chi connectivity index (χ1v) is 4.52. The first-order valence-electron chi connectivity index (χ1n) is 4.52. The zero-order valence-electron chi connectivity index (χ0n) is 9.30. The van der Waals surface area contributed by atoms with Crippen molar-refractivity contribution >= 4 is 5.69 Å². The molecule has 1 rings (SSSR count). The van der Waals surface area contributed by atoms with Crippen molar-refractivity contribution < 1.29 is 19.1 Å². The Morgan fingerprint density at radius 1 is 1.25 bits per heavy atom. The third-order valence-electron chi connectivity index (χ3n) is 2.10. The Morgan fingerprint density at radius 2 is 1.88 bits per heavy atom. The zero-order valence-corrected chi connectivity index (χ0v) is 9.30. The molecule has 0 aliphatic heterocycles. The molecule has 0 unspecified atom stereocenters. The molecule has 16 heavy (non-hydrogen) atoms. The van der Waals surface area contributed by atoms with Crippen LogP contribution in [0, 0.1) is 10.1 Å². The number of nitro groups is 1. The summed E-state index contributed by atoms with van der Waals surface area (Å²) in [5, 5.41) is 10.8. The van der Waals surface area contributed by atoms with E-state index in [0.29, 0.717) is 5.56 Å². The number of hydrogen-bond donors (Lipinski definition) is 0. The fraction of sp³-hybridized carbons (Fsp3) is 0.400. The van der Waals surface area contributed by atoms with Gasteiger partial charge in [-0.05, 0) is 12.1 Å². The van der Waals surface area contributed by atoms with Crippen LogP contribution in [0.5, 0.6) is 5.75 Å². The molecule has 6 nitrogen and oxygen atoms in total. The monoisotopic (exact) mass is 227 g/mol. The van der Waals surface area contributed by atoms with E-state index in [1.54, 1.807) is 6.07 Å². The molecule has 0 atom stereocenters. The summed E-state index contributed by atoms with van der Waals surface area (Å²) < 4.78 is 14.9. The van der Waals surface area contributed by atoms with Crippen LogP contribution in [0.3, 0.4) is 0 Å². The largest absolute Gasteiger partial charge is 0.490 e. The van der Waals surface area contributed by atoms with Gasteiger partial charge in [-0.3, -0.25) is 10.1 Å². The minimum Gasteiger partial charge on any atom is -0.490 e. The van der Waals surface area contributed by atoms with Crippen LogP contribution in [0.4, 0.5) is 5.69 Å². The molecular weight excluding hydrogens is 214 g/mol. The van der Waals surface area contributed by atoms with Gasteiger partial charge in [0.1, 0.15) is 0 Å². The minimum absolute atomic E-state index is 0.112. The molecular formula is C10H13NO5. The average molecular weight is 227 g/mol. The number of methoxy groups -OCH3 is 3. The molecule has 0 aliphatic carbocycles. The highest BCUT2D eigenvalue weighted by Gasteiger charge is 2.18.